The van der Waals surface area contributed by atoms with Crippen LogP contribution in [0.15, 0.2) is 79.1 Å². The number of rotatable bonds is 9. The highest BCUT2D eigenvalue weighted by molar-refractivity contribution is 6.23. The van der Waals surface area contributed by atoms with Gasteiger partial charge >= 0.3 is 48.6 Å². The highest BCUT2D eigenvalue weighted by atomic mass is 19.4. The maximum Gasteiger partial charge on any atom is 0.490 e. The third kappa shape index (κ3) is 18.5. The van der Waals surface area contributed by atoms with E-state index in [4.69, 9.17) is 55.2 Å². The Morgan fingerprint density at radius 1 is 0.596 bits per heavy atom. The summed E-state index contributed by atoms with van der Waals surface area (Å²) < 4.78 is 135. The number of fused-ring (bicyclic) bond motifs is 2. The quantitative estimate of drug-likeness (QED) is 0.0605. The lowest BCUT2D eigenvalue weighted by molar-refractivity contribution is -0.193. The Morgan fingerprint density at radius 3 is 1.60 bits per heavy atom. The molecule has 89 heavy (non-hydrogen) atoms. The van der Waals surface area contributed by atoms with E-state index in [2.05, 4.69) is 34.7 Å². The van der Waals surface area contributed by atoms with Gasteiger partial charge in [-0.2, -0.15) is 57.8 Å². The van der Waals surface area contributed by atoms with Crippen molar-refractivity contribution in [3.8, 4) is 22.8 Å². The lowest BCUT2D eigenvalue weighted by atomic mass is 9.92. The topological polar surface area (TPSA) is 321 Å². The lowest BCUT2D eigenvalue weighted by Crippen LogP contribution is -2.54. The van der Waals surface area contributed by atoms with Crippen molar-refractivity contribution in [3.05, 3.63) is 90.3 Å². The summed E-state index contributed by atoms with van der Waals surface area (Å²) in [7, 11) is 0. The second-order valence-electron chi connectivity index (χ2n) is 20.3. The molecule has 0 radical (unpaired) electrons. The van der Waals surface area contributed by atoms with Crippen LogP contribution in [0.2, 0.25) is 0 Å². The molecule has 23 nitrogen and oxygen atoms in total. The first-order valence-electron chi connectivity index (χ1n) is 26.6. The fraction of sp³-hybridized carbons (Fsp3) is 0.426. The third-order valence-corrected chi connectivity index (χ3v) is 14.4. The summed E-state index contributed by atoms with van der Waals surface area (Å²) in [5, 5.41) is 36.7. The number of nitrogens with two attached hydrogens (primary N) is 1. The summed E-state index contributed by atoms with van der Waals surface area (Å²) >= 11 is 0. The number of carboxylic acid groups (broad SMARTS) is 4. The fourth-order valence-electron chi connectivity index (χ4n) is 10.1. The van der Waals surface area contributed by atoms with Crippen LogP contribution in [0, 0.1) is 5.92 Å². The van der Waals surface area contributed by atoms with Crippen molar-refractivity contribution >= 4 is 70.0 Å². The monoisotopic (exact) mass is 1280 g/mol. The molecule has 5 aliphatic heterocycles. The number of alkyl halides is 12. The van der Waals surface area contributed by atoms with Crippen LogP contribution in [0.25, 0.3) is 22.3 Å². The van der Waals surface area contributed by atoms with E-state index in [0.717, 1.165) is 116 Å². The zero-order chi connectivity index (χ0) is 65.9. The summed E-state index contributed by atoms with van der Waals surface area (Å²) in [6, 6.07) is 22.9. The molecule has 0 aliphatic carbocycles. The van der Waals surface area contributed by atoms with Gasteiger partial charge in [0.15, 0.2) is 5.65 Å². The number of aliphatic carboxylic acids is 4. The number of carbonyl (C=O) groups is 8. The number of ether oxygens (including phenoxy) is 1. The number of para-hydroxylation sites is 1. The van der Waals surface area contributed by atoms with Crippen LogP contribution in [0.4, 0.5) is 64.2 Å². The van der Waals surface area contributed by atoms with E-state index in [9.17, 15) is 71.9 Å². The molecule has 10 rings (SSSR count). The SMILES string of the molecule is Nc1ncnc2c1c(-c1ccc(Oc3ccccc3)cc1)nn2C1CCN(CC2CCN(C3CCN(c4ccc5c(c4)C(=O)N(C4CCC(=O)NC4=O)C5=O)CC3)CC2)CC1.O=C(O)C(F)(F)F.O=C(O)C(F)(F)F.O=C(O)C(F)(F)F.O=C(O)C(F)(F)F. The maximum atomic E-state index is 13.4. The predicted molar refractivity (Wildman–Crippen MR) is 284 cm³/mol. The number of nitrogen functional groups attached to an aromatic ring is 1. The fourth-order valence-corrected chi connectivity index (χ4v) is 10.1. The Labute approximate surface area is 494 Å². The number of halogens is 12. The number of imide groups is 2. The first-order valence-corrected chi connectivity index (χ1v) is 26.6. The van der Waals surface area contributed by atoms with E-state index in [1.54, 1.807) is 12.1 Å². The number of hydrogen-bond donors (Lipinski definition) is 6. The van der Waals surface area contributed by atoms with E-state index in [-0.39, 0.29) is 24.8 Å². The number of carboxylic acids is 4. The van der Waals surface area contributed by atoms with E-state index in [0.29, 0.717) is 28.9 Å². The van der Waals surface area contributed by atoms with Crippen molar-refractivity contribution in [1.29, 1.82) is 0 Å². The van der Waals surface area contributed by atoms with E-state index in [1.807, 2.05) is 60.7 Å². The molecular weight excluding hydrogens is 1220 g/mol. The van der Waals surface area contributed by atoms with Crippen LogP contribution in [0.5, 0.6) is 11.5 Å². The number of anilines is 2. The van der Waals surface area contributed by atoms with Crippen LogP contribution in [0.1, 0.15) is 78.1 Å². The van der Waals surface area contributed by atoms with Crippen molar-refractivity contribution in [2.45, 2.75) is 94.2 Å². The number of benzene rings is 3. The van der Waals surface area contributed by atoms with E-state index < -0.39 is 72.3 Å². The molecule has 7 N–H and O–H groups in total. The Kier molecular flexibility index (Phi) is 22.3. The number of amides is 4. The second-order valence-corrected chi connectivity index (χ2v) is 20.3. The molecule has 4 saturated heterocycles. The van der Waals surface area contributed by atoms with Gasteiger partial charge in [0.1, 0.15) is 35.4 Å². The summed E-state index contributed by atoms with van der Waals surface area (Å²) in [5.74, 6) is -10.3. The third-order valence-electron chi connectivity index (χ3n) is 14.4. The summed E-state index contributed by atoms with van der Waals surface area (Å²) in [4.78, 5) is 104. The zero-order valence-corrected chi connectivity index (χ0v) is 46.1. The normalized spacial score (nSPS) is 18.2. The minimum Gasteiger partial charge on any atom is -0.475 e. The Bertz CT molecular complexity index is 3270. The largest absolute Gasteiger partial charge is 0.490 e. The zero-order valence-electron chi connectivity index (χ0n) is 46.1. The summed E-state index contributed by atoms with van der Waals surface area (Å²) in [6.07, 6.45) is -12.1. The molecule has 0 bridgehead atoms. The van der Waals surface area contributed by atoms with Crippen molar-refractivity contribution in [1.82, 2.24) is 39.8 Å². The molecule has 35 heteroatoms. The Balaban J connectivity index is 0.000000375. The smallest absolute Gasteiger partial charge is 0.475 e. The number of nitrogens with one attached hydrogen (secondary N) is 1. The highest BCUT2D eigenvalue weighted by Crippen LogP contribution is 2.37. The first kappa shape index (κ1) is 69.0. The first-order chi connectivity index (χ1) is 41.5. The number of carbonyl (C=O) groups excluding carboxylic acids is 4. The van der Waals surface area contributed by atoms with Crippen LogP contribution >= 0.6 is 0 Å². The molecule has 4 fully saturated rings. The molecule has 482 valence electrons. The number of hydrogen-bond acceptors (Lipinski definition) is 16. The van der Waals surface area contributed by atoms with Gasteiger partial charge in [-0.05, 0) is 119 Å². The molecule has 3 aromatic carbocycles. The predicted octanol–water partition coefficient (Wildman–Crippen LogP) is 7.82. The van der Waals surface area contributed by atoms with Gasteiger partial charge in [0, 0.05) is 56.4 Å². The van der Waals surface area contributed by atoms with Crippen LogP contribution in [0.3, 0.4) is 0 Å². The van der Waals surface area contributed by atoms with Crippen molar-refractivity contribution in [3.63, 3.8) is 0 Å². The number of nitrogens with zero attached hydrogens (tertiary/aromatic N) is 8. The van der Waals surface area contributed by atoms with E-state index in [1.165, 1.54) is 19.2 Å². The summed E-state index contributed by atoms with van der Waals surface area (Å²) in [6.45, 7) is 7.13. The molecule has 2 aromatic heterocycles. The van der Waals surface area contributed by atoms with Gasteiger partial charge in [-0.15, -0.1) is 0 Å². The second kappa shape index (κ2) is 28.8. The van der Waals surface area contributed by atoms with Crippen molar-refractivity contribution in [2.24, 2.45) is 5.92 Å². The van der Waals surface area contributed by atoms with Crippen LogP contribution in [-0.2, 0) is 28.8 Å². The van der Waals surface area contributed by atoms with Gasteiger partial charge in [-0.25, -0.2) is 33.8 Å². The van der Waals surface area contributed by atoms with Gasteiger partial charge in [-0.1, -0.05) is 18.2 Å². The molecule has 4 amide bonds. The maximum absolute atomic E-state index is 13.4. The van der Waals surface area contributed by atoms with Crippen molar-refractivity contribution in [2.75, 3.05) is 56.4 Å². The standard InChI is InChI=1S/C46H50N10O5.4C2HF3O2/c47-42-40-41(30-6-9-35(10-7-30)61-34-4-2-1-3-5-34)51-56(43(40)49-28-48-42)32-16-20-52(21-17-32)27-29-14-22-53(23-15-29)31-18-24-54(25-19-31)33-8-11-36-37(26-33)46(60)55(45(36)59)38-12-13-39(57)50-44(38)58;4*3-2(4,5)1(6)7/h1-11,26,28-29,31-32,38H,12-25,27H2,(H2,47,48,49)(H,50,57,58);4*(H,6,7). The minimum atomic E-state index is -5.08. The molecule has 0 spiro atoms. The van der Waals surface area contributed by atoms with Crippen LogP contribution < -0.4 is 20.7 Å². The molecule has 1 atom stereocenters. The van der Waals surface area contributed by atoms with Gasteiger partial charge in [0.2, 0.25) is 11.8 Å². The Hall–Kier alpha value is -9.15. The number of piperidine rings is 4. The van der Waals surface area contributed by atoms with Gasteiger partial charge in [-0.3, -0.25) is 29.4 Å². The minimum absolute atomic E-state index is 0.103. The molecule has 5 aliphatic rings. The number of likely N-dealkylation sites (tertiary alicyclic amines) is 2. The van der Waals surface area contributed by atoms with Crippen molar-refractivity contribution < 1.29 is 116 Å². The highest BCUT2D eigenvalue weighted by Gasteiger charge is 2.46. The van der Waals surface area contributed by atoms with Gasteiger partial charge in [0.25, 0.3) is 11.8 Å². The molecular formula is C54H54F12N10O13. The molecule has 5 aromatic rings. The molecule has 7 heterocycles. The average molecular weight is 1280 g/mol. The number of aromatic nitrogens is 4. The molecule has 0 saturated carbocycles. The summed E-state index contributed by atoms with van der Waals surface area (Å²) in [5.41, 5.74) is 10.5. The average Bonchev–Trinajstić information content (AvgIpc) is 1.83. The Morgan fingerprint density at radius 2 is 1.09 bits per heavy atom. The van der Waals surface area contributed by atoms with E-state index >= 15 is 0 Å². The van der Waals surface area contributed by atoms with Gasteiger partial charge in [0.05, 0.1) is 22.6 Å². The van der Waals surface area contributed by atoms with Gasteiger partial charge < -0.3 is 45.6 Å². The van der Waals surface area contributed by atoms with Crippen LogP contribution in [-0.4, -0.2) is 185 Å². The lowest BCUT2D eigenvalue weighted by Gasteiger charge is -2.43. The molecule has 1 unspecified atom stereocenters.